The van der Waals surface area contributed by atoms with Crippen molar-refractivity contribution in [3.8, 4) is 0 Å². The van der Waals surface area contributed by atoms with Crippen LogP contribution in [0.3, 0.4) is 0 Å². The number of rotatable bonds is 15. The normalized spacial score (nSPS) is 16.9. The average molecular weight is 662 g/mol. The number of carboxylic acids is 4. The zero-order chi connectivity index (χ0) is 34.3. The highest BCUT2D eigenvalue weighted by atomic mass is 16.4. The van der Waals surface area contributed by atoms with Crippen LogP contribution in [0.1, 0.15) is 16.8 Å². The van der Waals surface area contributed by atoms with Gasteiger partial charge in [0.25, 0.3) is 0 Å². The fraction of sp³-hybridized carbons (Fsp3) is 0.552. The average Bonchev–Trinajstić information content (AvgIpc) is 3.44. The fourth-order valence-corrected chi connectivity index (χ4v) is 5.04. The van der Waals surface area contributed by atoms with Gasteiger partial charge < -0.3 is 31.5 Å². The number of hydrogen-bond acceptors (Lipinski definition) is 12. The van der Waals surface area contributed by atoms with E-state index in [9.17, 15) is 39.3 Å². The van der Waals surface area contributed by atoms with E-state index < -0.39 is 29.9 Å². The maximum absolute atomic E-state index is 12.9. The van der Waals surface area contributed by atoms with Crippen molar-refractivity contribution in [2.75, 3.05) is 78.5 Å². The number of carbonyl (C=O) groups is 5. The molecule has 3 rings (SSSR count). The number of carboxylic acid groups (broad SMARTS) is 4. The number of benzene rings is 1. The molecule has 2 heterocycles. The van der Waals surface area contributed by atoms with E-state index in [1.165, 1.54) is 0 Å². The summed E-state index contributed by atoms with van der Waals surface area (Å²) in [6, 6.07) is 6.35. The Morgan fingerprint density at radius 2 is 1.13 bits per heavy atom. The second kappa shape index (κ2) is 18.6. The number of hydrogen-bond donors (Lipinski definition) is 6. The van der Waals surface area contributed by atoms with Gasteiger partial charge in [0.15, 0.2) is 0 Å². The minimum Gasteiger partial charge on any atom is -0.480 e. The summed E-state index contributed by atoms with van der Waals surface area (Å²) in [5.74, 6) is -4.44. The summed E-state index contributed by atoms with van der Waals surface area (Å²) in [7, 11) is 0. The second-order valence-electron chi connectivity index (χ2n) is 11.4. The smallest absolute Gasteiger partial charge is 0.320 e. The number of aliphatic carboxylic acids is 4. The molecule has 0 unspecified atom stereocenters. The topological polar surface area (TPSA) is 248 Å². The quantitative estimate of drug-likeness (QED) is 0.114. The van der Waals surface area contributed by atoms with Gasteiger partial charge in [-0.2, -0.15) is 0 Å². The second-order valence-corrected chi connectivity index (χ2v) is 11.4. The minimum absolute atomic E-state index is 0.0149. The summed E-state index contributed by atoms with van der Waals surface area (Å²) < 4.78 is 1.61. The first-order chi connectivity index (χ1) is 22.4. The van der Waals surface area contributed by atoms with Gasteiger partial charge in [-0.1, -0.05) is 29.5 Å². The Hall–Kier alpha value is -4.49. The van der Waals surface area contributed by atoms with Gasteiger partial charge in [0.2, 0.25) is 5.91 Å². The minimum atomic E-state index is -1.06. The van der Waals surface area contributed by atoms with Crippen LogP contribution in [0.2, 0.25) is 0 Å². The summed E-state index contributed by atoms with van der Waals surface area (Å²) in [5.41, 5.74) is 7.84. The summed E-state index contributed by atoms with van der Waals surface area (Å²) in [4.78, 5) is 65.1. The Morgan fingerprint density at radius 3 is 1.55 bits per heavy atom. The molecule has 1 amide bonds. The van der Waals surface area contributed by atoms with Crippen LogP contribution in [-0.2, 0) is 43.5 Å². The molecule has 1 aliphatic heterocycles. The first kappa shape index (κ1) is 37.0. The first-order valence-corrected chi connectivity index (χ1v) is 15.1. The summed E-state index contributed by atoms with van der Waals surface area (Å²) >= 11 is 0. The van der Waals surface area contributed by atoms with Crippen molar-refractivity contribution in [1.29, 1.82) is 0 Å². The molecule has 18 heteroatoms. The molecular formula is C29H43N9O9. The zero-order valence-electron chi connectivity index (χ0n) is 26.1. The lowest BCUT2D eigenvalue weighted by Crippen LogP contribution is -2.49. The molecule has 0 spiro atoms. The Morgan fingerprint density at radius 1 is 0.702 bits per heavy atom. The third kappa shape index (κ3) is 14.2. The molecule has 7 N–H and O–H groups in total. The number of nitrogens with zero attached hydrogens (tertiary/aromatic N) is 7. The SMILES string of the molecule is N[C@@H](Cc1ccc(Cn2cc(CNC(=O)CN3CCN(CC(=O)O)CCN(CC(=O)O)CCN(CC(=O)O)CC3)nn2)cc1)C(=O)O. The van der Waals surface area contributed by atoms with Crippen molar-refractivity contribution < 1.29 is 44.4 Å². The molecule has 1 aromatic heterocycles. The lowest BCUT2D eigenvalue weighted by Gasteiger charge is -2.32. The number of amides is 1. The number of aromatic nitrogens is 3. The van der Waals surface area contributed by atoms with E-state index in [4.69, 9.17) is 10.8 Å². The van der Waals surface area contributed by atoms with E-state index in [-0.39, 0.29) is 71.2 Å². The van der Waals surface area contributed by atoms with Gasteiger partial charge in [0, 0.05) is 52.4 Å². The van der Waals surface area contributed by atoms with E-state index in [0.29, 0.717) is 38.4 Å². The molecular weight excluding hydrogens is 618 g/mol. The van der Waals surface area contributed by atoms with Crippen molar-refractivity contribution in [1.82, 2.24) is 39.9 Å². The Labute approximate surface area is 271 Å². The van der Waals surface area contributed by atoms with E-state index in [1.54, 1.807) is 25.6 Å². The molecule has 2 aromatic rings. The van der Waals surface area contributed by atoms with Crippen molar-refractivity contribution in [3.63, 3.8) is 0 Å². The van der Waals surface area contributed by atoms with Gasteiger partial charge in [0.1, 0.15) is 11.7 Å². The predicted molar refractivity (Wildman–Crippen MR) is 165 cm³/mol. The molecule has 258 valence electrons. The molecule has 1 aromatic carbocycles. The number of carbonyl (C=O) groups excluding carboxylic acids is 1. The molecule has 1 atom stereocenters. The molecule has 0 bridgehead atoms. The zero-order valence-corrected chi connectivity index (χ0v) is 26.1. The molecule has 47 heavy (non-hydrogen) atoms. The first-order valence-electron chi connectivity index (χ1n) is 15.1. The van der Waals surface area contributed by atoms with E-state index in [1.807, 2.05) is 29.2 Å². The summed E-state index contributed by atoms with van der Waals surface area (Å²) in [5, 5.41) is 48.1. The van der Waals surface area contributed by atoms with Gasteiger partial charge in [-0.3, -0.25) is 43.6 Å². The maximum Gasteiger partial charge on any atom is 0.320 e. The van der Waals surface area contributed by atoms with Gasteiger partial charge in [-0.05, 0) is 17.5 Å². The van der Waals surface area contributed by atoms with Crippen molar-refractivity contribution in [3.05, 3.63) is 47.3 Å². The third-order valence-electron chi connectivity index (χ3n) is 7.57. The molecule has 0 aliphatic carbocycles. The van der Waals surface area contributed by atoms with Crippen molar-refractivity contribution in [2.24, 2.45) is 5.73 Å². The van der Waals surface area contributed by atoms with Crippen LogP contribution in [-0.4, -0.2) is 169 Å². The van der Waals surface area contributed by atoms with Gasteiger partial charge in [0.05, 0.1) is 45.5 Å². The maximum atomic E-state index is 12.9. The fourth-order valence-electron chi connectivity index (χ4n) is 5.04. The summed E-state index contributed by atoms with van der Waals surface area (Å²) in [6.45, 7) is 2.20. The Kier molecular flexibility index (Phi) is 14.6. The van der Waals surface area contributed by atoms with E-state index in [0.717, 1.165) is 11.1 Å². The molecule has 1 fully saturated rings. The van der Waals surface area contributed by atoms with Crippen LogP contribution in [0, 0.1) is 0 Å². The highest BCUT2D eigenvalue weighted by molar-refractivity contribution is 5.78. The van der Waals surface area contributed by atoms with E-state index in [2.05, 4.69) is 15.6 Å². The highest BCUT2D eigenvalue weighted by Crippen LogP contribution is 2.09. The van der Waals surface area contributed by atoms with Crippen LogP contribution in [0.25, 0.3) is 0 Å². The standard InChI is InChI=1S/C29H43N9O9/c30-24(29(46)47)13-21-1-3-22(4-2-21)15-38-16-23(32-33-38)14-31-25(39)17-34-5-7-35(18-26(40)41)9-11-37(20-28(44)45)12-10-36(8-6-34)19-27(42)43/h1-4,16,24H,5-15,17-20,30H2,(H,31,39)(H,40,41)(H,42,43)(H,44,45)(H,46,47)/t24-/m0/s1. The predicted octanol–water partition coefficient (Wildman–Crippen LogP) is -2.63. The van der Waals surface area contributed by atoms with Crippen molar-refractivity contribution >= 4 is 29.8 Å². The monoisotopic (exact) mass is 661 g/mol. The van der Waals surface area contributed by atoms with Crippen LogP contribution in [0.4, 0.5) is 0 Å². The molecule has 18 nitrogen and oxygen atoms in total. The largest absolute Gasteiger partial charge is 0.480 e. The van der Waals surface area contributed by atoms with Gasteiger partial charge in [-0.15, -0.1) is 5.10 Å². The van der Waals surface area contributed by atoms with Crippen molar-refractivity contribution in [2.45, 2.75) is 25.6 Å². The summed E-state index contributed by atoms with van der Waals surface area (Å²) in [6.07, 6.45) is 1.92. The third-order valence-corrected chi connectivity index (χ3v) is 7.57. The number of nitrogens with one attached hydrogen (secondary N) is 1. The number of nitrogens with two attached hydrogens (primary N) is 1. The lowest BCUT2D eigenvalue weighted by atomic mass is 10.0. The van der Waals surface area contributed by atoms with Crippen LogP contribution in [0.15, 0.2) is 30.5 Å². The van der Waals surface area contributed by atoms with Crippen LogP contribution < -0.4 is 11.1 Å². The highest BCUT2D eigenvalue weighted by Gasteiger charge is 2.21. The van der Waals surface area contributed by atoms with Crippen LogP contribution in [0.5, 0.6) is 0 Å². The molecule has 1 aliphatic rings. The molecule has 0 saturated carbocycles. The Balaban J connectivity index is 1.57. The van der Waals surface area contributed by atoms with Crippen LogP contribution >= 0.6 is 0 Å². The van der Waals surface area contributed by atoms with E-state index >= 15 is 0 Å². The lowest BCUT2D eigenvalue weighted by molar-refractivity contribution is -0.140. The molecule has 0 radical (unpaired) electrons. The Bertz CT molecular complexity index is 1320. The van der Waals surface area contributed by atoms with Gasteiger partial charge >= 0.3 is 23.9 Å². The molecule has 1 saturated heterocycles. The van der Waals surface area contributed by atoms with Gasteiger partial charge in [-0.25, -0.2) is 4.68 Å².